The molecule has 0 spiro atoms. The molecule has 118 valence electrons. The summed E-state index contributed by atoms with van der Waals surface area (Å²) in [5.74, 6) is 2.24. The summed E-state index contributed by atoms with van der Waals surface area (Å²) < 4.78 is 16.6. The molecular formula is C17H18Cl2O3. The van der Waals surface area contributed by atoms with Gasteiger partial charge in [-0.1, -0.05) is 29.3 Å². The van der Waals surface area contributed by atoms with E-state index in [0.717, 1.165) is 17.9 Å². The van der Waals surface area contributed by atoms with Gasteiger partial charge in [-0.05, 0) is 43.3 Å². The summed E-state index contributed by atoms with van der Waals surface area (Å²) in [6.45, 7) is 3.68. The maximum atomic E-state index is 6.04. The highest BCUT2D eigenvalue weighted by Crippen LogP contribution is 2.31. The van der Waals surface area contributed by atoms with E-state index in [1.54, 1.807) is 18.2 Å². The SMILES string of the molecule is CCOc1ccc(OCCCOc2cccc(Cl)c2Cl)cc1. The Labute approximate surface area is 140 Å². The molecular weight excluding hydrogens is 323 g/mol. The number of hydrogen-bond donors (Lipinski definition) is 0. The number of ether oxygens (including phenoxy) is 3. The maximum absolute atomic E-state index is 6.04. The summed E-state index contributed by atoms with van der Waals surface area (Å²) in [6, 6.07) is 12.9. The van der Waals surface area contributed by atoms with Crippen molar-refractivity contribution in [1.29, 1.82) is 0 Å². The monoisotopic (exact) mass is 340 g/mol. The van der Waals surface area contributed by atoms with Crippen LogP contribution in [0.15, 0.2) is 42.5 Å². The fourth-order valence-corrected chi connectivity index (χ4v) is 2.17. The topological polar surface area (TPSA) is 27.7 Å². The van der Waals surface area contributed by atoms with E-state index in [2.05, 4.69) is 0 Å². The van der Waals surface area contributed by atoms with Crippen LogP contribution in [0.25, 0.3) is 0 Å². The first-order valence-corrected chi connectivity index (χ1v) is 7.88. The fourth-order valence-electron chi connectivity index (χ4n) is 1.83. The molecule has 0 saturated heterocycles. The Morgan fingerprint density at radius 1 is 0.818 bits per heavy atom. The zero-order chi connectivity index (χ0) is 15.8. The lowest BCUT2D eigenvalue weighted by Gasteiger charge is -2.10. The van der Waals surface area contributed by atoms with E-state index in [1.807, 2.05) is 31.2 Å². The molecule has 2 aromatic carbocycles. The molecule has 0 heterocycles. The number of benzene rings is 2. The minimum atomic E-state index is 0.441. The fraction of sp³-hybridized carbons (Fsp3) is 0.294. The Morgan fingerprint density at radius 3 is 2.14 bits per heavy atom. The van der Waals surface area contributed by atoms with Gasteiger partial charge in [-0.3, -0.25) is 0 Å². The van der Waals surface area contributed by atoms with Crippen LogP contribution in [0.4, 0.5) is 0 Å². The van der Waals surface area contributed by atoms with Crippen molar-refractivity contribution in [3.63, 3.8) is 0 Å². The lowest BCUT2D eigenvalue weighted by Crippen LogP contribution is -2.05. The largest absolute Gasteiger partial charge is 0.494 e. The van der Waals surface area contributed by atoms with Crippen LogP contribution in [0, 0.1) is 0 Å². The average Bonchev–Trinajstić information content (AvgIpc) is 2.53. The zero-order valence-corrected chi connectivity index (χ0v) is 13.9. The van der Waals surface area contributed by atoms with Crippen molar-refractivity contribution >= 4 is 23.2 Å². The molecule has 2 aromatic rings. The lowest BCUT2D eigenvalue weighted by molar-refractivity contribution is 0.247. The van der Waals surface area contributed by atoms with Gasteiger partial charge in [0, 0.05) is 6.42 Å². The van der Waals surface area contributed by atoms with E-state index < -0.39 is 0 Å². The Morgan fingerprint density at radius 2 is 1.45 bits per heavy atom. The van der Waals surface area contributed by atoms with Crippen molar-refractivity contribution in [2.24, 2.45) is 0 Å². The van der Waals surface area contributed by atoms with Crippen LogP contribution in [0.5, 0.6) is 17.2 Å². The number of halogens is 2. The summed E-state index contributed by atoms with van der Waals surface area (Å²) in [6.07, 6.45) is 0.746. The second-order valence-electron chi connectivity index (χ2n) is 4.51. The first-order chi connectivity index (χ1) is 10.7. The van der Waals surface area contributed by atoms with Crippen LogP contribution in [0.3, 0.4) is 0 Å². The summed E-state index contributed by atoms with van der Waals surface area (Å²) >= 11 is 12.0. The molecule has 0 bridgehead atoms. The van der Waals surface area contributed by atoms with Gasteiger partial charge >= 0.3 is 0 Å². The third-order valence-corrected chi connectivity index (χ3v) is 3.67. The van der Waals surface area contributed by atoms with Gasteiger partial charge in [-0.25, -0.2) is 0 Å². The van der Waals surface area contributed by atoms with Crippen LogP contribution in [0.1, 0.15) is 13.3 Å². The van der Waals surface area contributed by atoms with E-state index in [9.17, 15) is 0 Å². The Bertz CT molecular complexity index is 585. The molecule has 0 aromatic heterocycles. The molecule has 0 saturated carbocycles. The first-order valence-electron chi connectivity index (χ1n) is 7.13. The summed E-state index contributed by atoms with van der Waals surface area (Å²) in [5.41, 5.74) is 0. The molecule has 0 amide bonds. The zero-order valence-electron chi connectivity index (χ0n) is 12.4. The van der Waals surface area contributed by atoms with E-state index in [-0.39, 0.29) is 0 Å². The molecule has 0 aliphatic carbocycles. The minimum absolute atomic E-state index is 0.441. The molecule has 0 atom stereocenters. The second-order valence-corrected chi connectivity index (χ2v) is 5.29. The van der Waals surface area contributed by atoms with Gasteiger partial charge in [-0.2, -0.15) is 0 Å². The average molecular weight is 341 g/mol. The predicted octanol–water partition coefficient (Wildman–Crippen LogP) is 5.24. The van der Waals surface area contributed by atoms with Gasteiger partial charge in [0.25, 0.3) is 0 Å². The van der Waals surface area contributed by atoms with Crippen molar-refractivity contribution in [3.8, 4) is 17.2 Å². The Balaban J connectivity index is 1.70. The van der Waals surface area contributed by atoms with Gasteiger partial charge in [0.2, 0.25) is 0 Å². The number of hydrogen-bond acceptors (Lipinski definition) is 3. The van der Waals surface area contributed by atoms with E-state index in [4.69, 9.17) is 37.4 Å². The molecule has 0 aliphatic heterocycles. The predicted molar refractivity (Wildman–Crippen MR) is 89.7 cm³/mol. The molecule has 0 unspecified atom stereocenters. The molecule has 22 heavy (non-hydrogen) atoms. The first kappa shape index (κ1) is 16.8. The van der Waals surface area contributed by atoms with Gasteiger partial charge in [-0.15, -0.1) is 0 Å². The summed E-state index contributed by atoms with van der Waals surface area (Å²) in [4.78, 5) is 0. The van der Waals surface area contributed by atoms with Crippen molar-refractivity contribution in [2.75, 3.05) is 19.8 Å². The van der Waals surface area contributed by atoms with Gasteiger partial charge in [0.05, 0.1) is 24.8 Å². The summed E-state index contributed by atoms with van der Waals surface area (Å²) in [7, 11) is 0. The van der Waals surface area contributed by atoms with Gasteiger partial charge in [0.15, 0.2) is 0 Å². The highest BCUT2D eigenvalue weighted by molar-refractivity contribution is 6.42. The maximum Gasteiger partial charge on any atom is 0.139 e. The van der Waals surface area contributed by atoms with Crippen LogP contribution < -0.4 is 14.2 Å². The van der Waals surface area contributed by atoms with Crippen LogP contribution in [-0.4, -0.2) is 19.8 Å². The van der Waals surface area contributed by atoms with E-state index in [1.165, 1.54) is 0 Å². The standard InChI is InChI=1S/C17H18Cl2O3/c1-2-20-13-7-9-14(10-8-13)21-11-4-12-22-16-6-3-5-15(18)17(16)19/h3,5-10H,2,4,11-12H2,1H3. The minimum Gasteiger partial charge on any atom is -0.494 e. The molecule has 0 radical (unpaired) electrons. The molecule has 5 heteroatoms. The van der Waals surface area contributed by atoms with E-state index >= 15 is 0 Å². The van der Waals surface area contributed by atoms with Crippen molar-refractivity contribution in [3.05, 3.63) is 52.5 Å². The highest BCUT2D eigenvalue weighted by Gasteiger charge is 2.04. The number of rotatable bonds is 8. The highest BCUT2D eigenvalue weighted by atomic mass is 35.5. The molecule has 2 rings (SSSR count). The quantitative estimate of drug-likeness (QED) is 0.615. The van der Waals surface area contributed by atoms with E-state index in [0.29, 0.717) is 35.6 Å². The van der Waals surface area contributed by atoms with Crippen molar-refractivity contribution < 1.29 is 14.2 Å². The third kappa shape index (κ3) is 5.00. The Kier molecular flexibility index (Phi) is 6.69. The molecule has 0 fully saturated rings. The second kappa shape index (κ2) is 8.76. The third-order valence-electron chi connectivity index (χ3n) is 2.87. The normalized spacial score (nSPS) is 10.3. The van der Waals surface area contributed by atoms with Crippen LogP contribution in [-0.2, 0) is 0 Å². The van der Waals surface area contributed by atoms with Crippen LogP contribution in [0.2, 0.25) is 10.0 Å². The van der Waals surface area contributed by atoms with Crippen molar-refractivity contribution in [2.45, 2.75) is 13.3 Å². The molecule has 3 nitrogen and oxygen atoms in total. The van der Waals surface area contributed by atoms with Crippen molar-refractivity contribution in [1.82, 2.24) is 0 Å². The molecule has 0 aliphatic rings. The smallest absolute Gasteiger partial charge is 0.139 e. The summed E-state index contributed by atoms with van der Waals surface area (Å²) in [5, 5.41) is 0.932. The van der Waals surface area contributed by atoms with Gasteiger partial charge in [0.1, 0.15) is 22.3 Å². The Hall–Kier alpha value is -1.58. The van der Waals surface area contributed by atoms with Gasteiger partial charge < -0.3 is 14.2 Å². The van der Waals surface area contributed by atoms with Crippen LogP contribution >= 0.6 is 23.2 Å². The lowest BCUT2D eigenvalue weighted by atomic mass is 10.3. The molecule has 0 N–H and O–H groups in total.